The molecule has 2 rings (SSSR count). The van der Waals surface area contributed by atoms with Gasteiger partial charge in [-0.3, -0.25) is 0 Å². The van der Waals surface area contributed by atoms with E-state index in [1.54, 1.807) is 0 Å². The second kappa shape index (κ2) is 3.13. The van der Waals surface area contributed by atoms with Crippen LogP contribution in [0.1, 0.15) is 45.4 Å². The van der Waals surface area contributed by atoms with Crippen LogP contribution < -0.4 is 5.73 Å². The van der Waals surface area contributed by atoms with E-state index in [0.717, 1.165) is 5.92 Å². The second-order valence-electron chi connectivity index (χ2n) is 4.87. The Morgan fingerprint density at radius 1 is 1.54 bits per heavy atom. The number of nitrogens with two attached hydrogens (primary N) is 1. The molecule has 2 aliphatic carbocycles. The molecule has 1 spiro atoms. The van der Waals surface area contributed by atoms with E-state index in [2.05, 4.69) is 13.5 Å². The van der Waals surface area contributed by atoms with Crippen molar-refractivity contribution in [3.8, 4) is 0 Å². The Balaban J connectivity index is 2.07. The third-order valence-electron chi connectivity index (χ3n) is 4.12. The van der Waals surface area contributed by atoms with Gasteiger partial charge in [0.2, 0.25) is 0 Å². The summed E-state index contributed by atoms with van der Waals surface area (Å²) in [6.45, 7) is 6.45. The van der Waals surface area contributed by atoms with Gasteiger partial charge in [-0.2, -0.15) is 0 Å². The van der Waals surface area contributed by atoms with Gasteiger partial charge in [0.1, 0.15) is 0 Å². The molecule has 2 atom stereocenters. The lowest BCUT2D eigenvalue weighted by atomic mass is 9.71. The molecule has 1 nitrogen and oxygen atoms in total. The molecule has 0 radical (unpaired) electrons. The van der Waals surface area contributed by atoms with Crippen LogP contribution in [-0.2, 0) is 0 Å². The summed E-state index contributed by atoms with van der Waals surface area (Å²) < 4.78 is 0. The fourth-order valence-corrected chi connectivity index (χ4v) is 2.99. The summed E-state index contributed by atoms with van der Waals surface area (Å²) in [6.07, 6.45) is 7.74. The lowest BCUT2D eigenvalue weighted by Crippen LogP contribution is -2.43. The van der Waals surface area contributed by atoms with Gasteiger partial charge in [0.25, 0.3) is 0 Å². The van der Waals surface area contributed by atoms with Gasteiger partial charge in [-0.05, 0) is 38.0 Å². The van der Waals surface area contributed by atoms with E-state index < -0.39 is 0 Å². The van der Waals surface area contributed by atoms with Crippen LogP contribution in [0.2, 0.25) is 0 Å². The molecule has 0 bridgehead atoms. The van der Waals surface area contributed by atoms with E-state index in [1.165, 1.54) is 44.1 Å². The highest BCUT2D eigenvalue weighted by Gasteiger charge is 2.53. The van der Waals surface area contributed by atoms with E-state index in [1.807, 2.05) is 0 Å². The standard InChI is InChI=1S/C12H21N/c1-3-4-10-6-5-9(2)12(7-8-12)11(10)13/h10-11H,2-8,13H2,1H3/t10?,11-/m0/s1. The molecule has 1 heteroatoms. The predicted octanol–water partition coefficient (Wildman–Crippen LogP) is 2.86. The first-order chi connectivity index (χ1) is 6.20. The smallest absolute Gasteiger partial charge is 0.0162 e. The van der Waals surface area contributed by atoms with E-state index >= 15 is 0 Å². The topological polar surface area (TPSA) is 26.0 Å². The Morgan fingerprint density at radius 2 is 2.23 bits per heavy atom. The highest BCUT2D eigenvalue weighted by atomic mass is 14.8. The van der Waals surface area contributed by atoms with E-state index in [-0.39, 0.29) is 0 Å². The van der Waals surface area contributed by atoms with Crippen LogP contribution in [0, 0.1) is 11.3 Å². The number of rotatable bonds is 2. The molecule has 1 unspecified atom stereocenters. The van der Waals surface area contributed by atoms with Crippen molar-refractivity contribution in [1.29, 1.82) is 0 Å². The fourth-order valence-electron chi connectivity index (χ4n) is 2.99. The normalized spacial score (nSPS) is 36.6. The molecule has 2 aliphatic rings. The van der Waals surface area contributed by atoms with Crippen molar-refractivity contribution in [2.75, 3.05) is 0 Å². The maximum atomic E-state index is 6.33. The number of hydrogen-bond acceptors (Lipinski definition) is 1. The molecule has 2 saturated carbocycles. The molecule has 2 fully saturated rings. The van der Waals surface area contributed by atoms with Crippen molar-refractivity contribution in [2.45, 2.75) is 51.5 Å². The minimum absolute atomic E-state index is 0.401. The van der Waals surface area contributed by atoms with E-state index in [0.29, 0.717) is 11.5 Å². The molecule has 0 amide bonds. The van der Waals surface area contributed by atoms with Gasteiger partial charge in [-0.15, -0.1) is 0 Å². The molecule has 0 aromatic rings. The summed E-state index contributed by atoms with van der Waals surface area (Å²) in [4.78, 5) is 0. The Labute approximate surface area is 81.4 Å². The molecular weight excluding hydrogens is 158 g/mol. The first-order valence-electron chi connectivity index (χ1n) is 5.64. The zero-order valence-corrected chi connectivity index (χ0v) is 8.68. The maximum absolute atomic E-state index is 6.33. The average molecular weight is 179 g/mol. The molecule has 2 N–H and O–H groups in total. The third kappa shape index (κ3) is 1.34. The third-order valence-corrected chi connectivity index (χ3v) is 4.12. The Bertz CT molecular complexity index is 215. The van der Waals surface area contributed by atoms with Gasteiger partial charge in [0, 0.05) is 11.5 Å². The minimum atomic E-state index is 0.401. The molecule has 13 heavy (non-hydrogen) atoms. The zero-order chi connectivity index (χ0) is 9.47. The predicted molar refractivity (Wildman–Crippen MR) is 56.4 cm³/mol. The van der Waals surface area contributed by atoms with Crippen molar-refractivity contribution < 1.29 is 0 Å². The van der Waals surface area contributed by atoms with Crippen LogP contribution in [0.15, 0.2) is 12.2 Å². The quantitative estimate of drug-likeness (QED) is 0.648. The van der Waals surface area contributed by atoms with Gasteiger partial charge >= 0.3 is 0 Å². The van der Waals surface area contributed by atoms with Gasteiger partial charge in [-0.1, -0.05) is 25.5 Å². The molecule has 0 saturated heterocycles. The van der Waals surface area contributed by atoms with Crippen LogP contribution in [0.25, 0.3) is 0 Å². The summed E-state index contributed by atoms with van der Waals surface area (Å²) in [7, 11) is 0. The summed E-state index contributed by atoms with van der Waals surface area (Å²) in [6, 6.07) is 0.425. The average Bonchev–Trinajstić information content (AvgIpc) is 2.89. The Kier molecular flexibility index (Phi) is 2.23. The molecule has 0 aromatic carbocycles. The first-order valence-corrected chi connectivity index (χ1v) is 5.64. The van der Waals surface area contributed by atoms with Crippen molar-refractivity contribution in [3.05, 3.63) is 12.2 Å². The SMILES string of the molecule is C=C1CCC(CCC)[C@H](N)C12CC2. The van der Waals surface area contributed by atoms with E-state index in [4.69, 9.17) is 5.73 Å². The van der Waals surface area contributed by atoms with Crippen molar-refractivity contribution in [2.24, 2.45) is 17.1 Å². The molecular formula is C12H21N. The maximum Gasteiger partial charge on any atom is 0.0162 e. The Morgan fingerprint density at radius 3 is 2.77 bits per heavy atom. The Hall–Kier alpha value is -0.300. The lowest BCUT2D eigenvalue weighted by Gasteiger charge is -2.38. The summed E-state index contributed by atoms with van der Waals surface area (Å²) in [5, 5.41) is 0. The lowest BCUT2D eigenvalue weighted by molar-refractivity contribution is 0.247. The van der Waals surface area contributed by atoms with Crippen LogP contribution in [-0.4, -0.2) is 6.04 Å². The monoisotopic (exact) mass is 179 g/mol. The van der Waals surface area contributed by atoms with Crippen molar-refractivity contribution in [3.63, 3.8) is 0 Å². The van der Waals surface area contributed by atoms with Crippen LogP contribution in [0.5, 0.6) is 0 Å². The van der Waals surface area contributed by atoms with Crippen LogP contribution >= 0.6 is 0 Å². The van der Waals surface area contributed by atoms with Crippen LogP contribution in [0.4, 0.5) is 0 Å². The zero-order valence-electron chi connectivity index (χ0n) is 8.68. The number of hydrogen-bond donors (Lipinski definition) is 1. The van der Waals surface area contributed by atoms with Gasteiger partial charge in [0.05, 0.1) is 0 Å². The molecule has 0 heterocycles. The van der Waals surface area contributed by atoms with Crippen molar-refractivity contribution in [1.82, 2.24) is 0 Å². The van der Waals surface area contributed by atoms with Crippen molar-refractivity contribution >= 4 is 0 Å². The fraction of sp³-hybridized carbons (Fsp3) is 0.833. The van der Waals surface area contributed by atoms with Gasteiger partial charge in [-0.25, -0.2) is 0 Å². The van der Waals surface area contributed by atoms with Gasteiger partial charge in [0.15, 0.2) is 0 Å². The molecule has 74 valence electrons. The summed E-state index contributed by atoms with van der Waals surface area (Å²) >= 11 is 0. The van der Waals surface area contributed by atoms with Gasteiger partial charge < -0.3 is 5.73 Å². The largest absolute Gasteiger partial charge is 0.327 e. The highest BCUT2D eigenvalue weighted by Crippen LogP contribution is 2.59. The highest BCUT2D eigenvalue weighted by molar-refractivity contribution is 5.26. The molecule has 0 aliphatic heterocycles. The minimum Gasteiger partial charge on any atom is -0.327 e. The second-order valence-corrected chi connectivity index (χ2v) is 4.87. The van der Waals surface area contributed by atoms with E-state index in [9.17, 15) is 0 Å². The summed E-state index contributed by atoms with van der Waals surface area (Å²) in [5.74, 6) is 0.776. The summed E-state index contributed by atoms with van der Waals surface area (Å²) in [5.41, 5.74) is 8.19. The van der Waals surface area contributed by atoms with Crippen LogP contribution in [0.3, 0.4) is 0 Å². The first kappa shape index (κ1) is 9.26. The molecule has 0 aromatic heterocycles.